The summed E-state index contributed by atoms with van der Waals surface area (Å²) in [6.45, 7) is 0. The Hall–Kier alpha value is -6.70. The largest absolute Gasteiger partial charge is 0.311 e. The number of rotatable bonds is 9. The van der Waals surface area contributed by atoms with Gasteiger partial charge in [0, 0.05) is 17.1 Å². The van der Waals surface area contributed by atoms with Crippen molar-refractivity contribution < 1.29 is 0 Å². The van der Waals surface area contributed by atoms with Gasteiger partial charge >= 0.3 is 0 Å². The zero-order valence-corrected chi connectivity index (χ0v) is 28.3. The molecule has 0 aromatic heterocycles. The van der Waals surface area contributed by atoms with Gasteiger partial charge in [0.15, 0.2) is 0 Å². The van der Waals surface area contributed by atoms with Crippen molar-refractivity contribution in [2.45, 2.75) is 0 Å². The molecule has 1 heteroatoms. The second-order valence-corrected chi connectivity index (χ2v) is 12.6. The van der Waals surface area contributed by atoms with E-state index >= 15 is 0 Å². The summed E-state index contributed by atoms with van der Waals surface area (Å²) in [7, 11) is 0. The Balaban J connectivity index is 1.07. The summed E-state index contributed by atoms with van der Waals surface area (Å²) in [5.74, 6) is 0. The maximum absolute atomic E-state index is 2.31. The van der Waals surface area contributed by atoms with Gasteiger partial charge in [-0.2, -0.15) is 0 Å². The molecular weight excluding hydrogens is 615 g/mol. The minimum absolute atomic E-state index is 1.11. The summed E-state index contributed by atoms with van der Waals surface area (Å²) < 4.78 is 0. The van der Waals surface area contributed by atoms with Crippen molar-refractivity contribution in [3.05, 3.63) is 235 Å². The average Bonchev–Trinajstić information content (AvgIpc) is 3.22. The Kier molecular flexibility index (Phi) is 9.17. The highest BCUT2D eigenvalue weighted by molar-refractivity contribution is 5.92. The summed E-state index contributed by atoms with van der Waals surface area (Å²) in [4.78, 5) is 2.31. The molecule has 0 saturated carbocycles. The van der Waals surface area contributed by atoms with Gasteiger partial charge in [-0.05, 0) is 98.1 Å². The van der Waals surface area contributed by atoms with Crippen molar-refractivity contribution >= 4 is 28.7 Å². The molecule has 0 atom stereocenters. The molecule has 0 fully saturated rings. The lowest BCUT2D eigenvalue weighted by molar-refractivity contribution is 1.28. The number of hydrogen-bond acceptors (Lipinski definition) is 1. The molecule has 0 heterocycles. The van der Waals surface area contributed by atoms with E-state index in [2.05, 4.69) is 229 Å². The van der Waals surface area contributed by atoms with Crippen LogP contribution in [0.5, 0.6) is 0 Å². The molecule has 1 nitrogen and oxygen atoms in total. The van der Waals surface area contributed by atoms with E-state index in [1.165, 1.54) is 55.6 Å². The zero-order chi connectivity index (χ0) is 34.2. The summed E-state index contributed by atoms with van der Waals surface area (Å²) in [5.41, 5.74) is 15.3. The van der Waals surface area contributed by atoms with Crippen LogP contribution in [0.3, 0.4) is 0 Å². The van der Waals surface area contributed by atoms with Crippen molar-refractivity contribution in [2.75, 3.05) is 4.90 Å². The Labute approximate surface area is 301 Å². The Morgan fingerprint density at radius 3 is 1.04 bits per heavy atom. The third-order valence-corrected chi connectivity index (χ3v) is 9.32. The van der Waals surface area contributed by atoms with E-state index in [0.717, 1.165) is 17.1 Å². The van der Waals surface area contributed by atoms with Crippen LogP contribution in [0.2, 0.25) is 0 Å². The van der Waals surface area contributed by atoms with E-state index in [1.54, 1.807) is 0 Å². The minimum Gasteiger partial charge on any atom is -0.311 e. The van der Waals surface area contributed by atoms with Crippen LogP contribution in [0.4, 0.5) is 17.1 Å². The standard InChI is InChI=1S/C50H37N/c1-5-13-39(14-6-1)41-23-21-38(22-24-41)37-50(45-17-9-3-10-18-45)46-27-25-42(26-28-46)44-31-35-49(36-32-44)51(47-19-11-4-12-20-47)48-33-29-43(30-34-48)40-15-7-2-8-16-40/h1-37H/b50-37+. The molecule has 0 saturated heterocycles. The lowest BCUT2D eigenvalue weighted by Crippen LogP contribution is -2.09. The molecule has 8 aromatic rings. The van der Waals surface area contributed by atoms with Crippen LogP contribution in [-0.2, 0) is 0 Å². The van der Waals surface area contributed by atoms with Crippen LogP contribution < -0.4 is 4.90 Å². The molecule has 242 valence electrons. The minimum atomic E-state index is 1.11. The van der Waals surface area contributed by atoms with Gasteiger partial charge in [0.1, 0.15) is 0 Å². The van der Waals surface area contributed by atoms with Gasteiger partial charge in [0.05, 0.1) is 0 Å². The second-order valence-electron chi connectivity index (χ2n) is 12.6. The van der Waals surface area contributed by atoms with Crippen molar-refractivity contribution in [1.29, 1.82) is 0 Å². The van der Waals surface area contributed by atoms with Gasteiger partial charge in [-0.1, -0.05) is 182 Å². The Bertz CT molecular complexity index is 2330. The van der Waals surface area contributed by atoms with Gasteiger partial charge in [0.2, 0.25) is 0 Å². The summed E-state index contributed by atoms with van der Waals surface area (Å²) in [6, 6.07) is 77.7. The highest BCUT2D eigenvalue weighted by Crippen LogP contribution is 2.37. The predicted octanol–water partition coefficient (Wildman–Crippen LogP) is 13.7. The SMILES string of the molecule is C(=C(/c1ccccc1)c1ccc(-c2ccc(N(c3ccccc3)c3ccc(-c4ccccc4)cc3)cc2)cc1)/c1ccc(-c2ccccc2)cc1. The molecular formula is C50H37N. The predicted molar refractivity (Wildman–Crippen MR) is 217 cm³/mol. The lowest BCUT2D eigenvalue weighted by Gasteiger charge is -2.26. The number of benzene rings is 8. The van der Waals surface area contributed by atoms with Crippen LogP contribution in [0.25, 0.3) is 45.0 Å². The molecule has 0 unspecified atom stereocenters. The fraction of sp³-hybridized carbons (Fsp3) is 0. The molecule has 8 rings (SSSR count). The van der Waals surface area contributed by atoms with E-state index in [9.17, 15) is 0 Å². The van der Waals surface area contributed by atoms with E-state index < -0.39 is 0 Å². The number of nitrogens with zero attached hydrogens (tertiary/aromatic N) is 1. The Morgan fingerprint density at radius 2 is 0.588 bits per heavy atom. The number of anilines is 3. The lowest BCUT2D eigenvalue weighted by atomic mass is 9.93. The van der Waals surface area contributed by atoms with Gasteiger partial charge < -0.3 is 4.90 Å². The van der Waals surface area contributed by atoms with E-state index in [1.807, 2.05) is 0 Å². The first-order valence-corrected chi connectivity index (χ1v) is 17.4. The third-order valence-electron chi connectivity index (χ3n) is 9.32. The van der Waals surface area contributed by atoms with Crippen LogP contribution in [0.15, 0.2) is 218 Å². The molecule has 0 aliphatic rings. The third kappa shape index (κ3) is 7.20. The molecule has 0 spiro atoms. The van der Waals surface area contributed by atoms with E-state index in [4.69, 9.17) is 0 Å². The summed E-state index contributed by atoms with van der Waals surface area (Å²) in [5, 5.41) is 0. The first-order valence-electron chi connectivity index (χ1n) is 17.4. The molecule has 0 amide bonds. The van der Waals surface area contributed by atoms with Crippen LogP contribution in [0, 0.1) is 0 Å². The Morgan fingerprint density at radius 1 is 0.275 bits per heavy atom. The topological polar surface area (TPSA) is 3.24 Å². The summed E-state index contributed by atoms with van der Waals surface area (Å²) >= 11 is 0. The first-order chi connectivity index (χ1) is 25.3. The molecule has 0 aliphatic carbocycles. The van der Waals surface area contributed by atoms with Crippen molar-refractivity contribution in [3.63, 3.8) is 0 Å². The molecule has 0 aliphatic heterocycles. The normalized spacial score (nSPS) is 11.3. The first kappa shape index (κ1) is 31.6. The second kappa shape index (κ2) is 14.8. The number of para-hydroxylation sites is 1. The maximum Gasteiger partial charge on any atom is 0.0462 e. The number of hydrogen-bond donors (Lipinski definition) is 0. The van der Waals surface area contributed by atoms with Crippen LogP contribution in [-0.4, -0.2) is 0 Å². The van der Waals surface area contributed by atoms with Crippen molar-refractivity contribution in [2.24, 2.45) is 0 Å². The monoisotopic (exact) mass is 651 g/mol. The van der Waals surface area contributed by atoms with Crippen molar-refractivity contribution in [3.8, 4) is 33.4 Å². The molecule has 51 heavy (non-hydrogen) atoms. The molecule has 0 bridgehead atoms. The maximum atomic E-state index is 2.31. The molecule has 0 radical (unpaired) electrons. The van der Waals surface area contributed by atoms with E-state index in [-0.39, 0.29) is 0 Å². The molecule has 0 N–H and O–H groups in total. The quantitative estimate of drug-likeness (QED) is 0.140. The van der Waals surface area contributed by atoms with Crippen molar-refractivity contribution in [1.82, 2.24) is 0 Å². The van der Waals surface area contributed by atoms with Gasteiger partial charge in [-0.3, -0.25) is 0 Å². The summed E-state index contributed by atoms with van der Waals surface area (Å²) in [6.07, 6.45) is 2.29. The van der Waals surface area contributed by atoms with Gasteiger partial charge in [-0.25, -0.2) is 0 Å². The highest BCUT2D eigenvalue weighted by atomic mass is 15.1. The fourth-order valence-electron chi connectivity index (χ4n) is 6.62. The highest BCUT2D eigenvalue weighted by Gasteiger charge is 2.13. The molecule has 8 aromatic carbocycles. The smallest absolute Gasteiger partial charge is 0.0462 e. The zero-order valence-electron chi connectivity index (χ0n) is 28.3. The van der Waals surface area contributed by atoms with Crippen LogP contribution >= 0.6 is 0 Å². The van der Waals surface area contributed by atoms with Gasteiger partial charge in [0.25, 0.3) is 0 Å². The van der Waals surface area contributed by atoms with Gasteiger partial charge in [-0.15, -0.1) is 0 Å². The fourth-order valence-corrected chi connectivity index (χ4v) is 6.62. The van der Waals surface area contributed by atoms with E-state index in [0.29, 0.717) is 0 Å². The average molecular weight is 652 g/mol. The van der Waals surface area contributed by atoms with Crippen LogP contribution in [0.1, 0.15) is 16.7 Å².